The molecule has 0 saturated carbocycles. The zero-order chi connectivity index (χ0) is 14.0. The summed E-state index contributed by atoms with van der Waals surface area (Å²) in [7, 11) is -3.73. The van der Waals surface area contributed by atoms with Crippen LogP contribution in [0.2, 0.25) is 0 Å². The van der Waals surface area contributed by atoms with E-state index in [2.05, 4.69) is 11.9 Å². The van der Waals surface area contributed by atoms with Crippen molar-refractivity contribution in [1.82, 2.24) is 9.29 Å². The first-order valence-corrected chi connectivity index (χ1v) is 8.42. The van der Waals surface area contributed by atoms with Gasteiger partial charge in [0.05, 0.1) is 5.51 Å². The summed E-state index contributed by atoms with van der Waals surface area (Å²) in [5.41, 5.74) is 0.888. The average Bonchev–Trinajstić information content (AvgIpc) is 2.73. The Kier molecular flexibility index (Phi) is 4.22. The van der Waals surface area contributed by atoms with E-state index in [9.17, 15) is 13.2 Å². The quantitative estimate of drug-likeness (QED) is 0.917. The second-order valence-corrected chi connectivity index (χ2v) is 7.72. The number of hydrogen-bond acceptors (Lipinski definition) is 5. The largest absolute Gasteiger partial charge is 0.476 e. The van der Waals surface area contributed by atoms with Gasteiger partial charge in [-0.2, -0.15) is 4.31 Å². The summed E-state index contributed by atoms with van der Waals surface area (Å²) in [6.45, 7) is 3.00. The van der Waals surface area contributed by atoms with Crippen LogP contribution in [0.4, 0.5) is 0 Å². The molecule has 0 aromatic carbocycles. The molecular weight excluding hydrogens is 288 g/mol. The SMILES string of the molecule is CC1CCCN(S(=O)(=O)c2scnc2C(=O)O)CC1. The van der Waals surface area contributed by atoms with Crippen molar-refractivity contribution in [2.75, 3.05) is 13.1 Å². The van der Waals surface area contributed by atoms with E-state index in [-0.39, 0.29) is 9.90 Å². The Morgan fingerprint density at radius 1 is 1.47 bits per heavy atom. The lowest BCUT2D eigenvalue weighted by molar-refractivity contribution is 0.0687. The summed E-state index contributed by atoms with van der Waals surface area (Å²) < 4.78 is 26.2. The highest BCUT2D eigenvalue weighted by Crippen LogP contribution is 2.27. The van der Waals surface area contributed by atoms with Gasteiger partial charge < -0.3 is 5.11 Å². The van der Waals surface area contributed by atoms with Gasteiger partial charge in [0, 0.05) is 13.1 Å². The van der Waals surface area contributed by atoms with Crippen LogP contribution in [0.1, 0.15) is 36.7 Å². The second-order valence-electron chi connectivity index (χ2n) is 4.73. The first-order valence-electron chi connectivity index (χ1n) is 6.10. The standard InChI is InChI=1S/C11H16N2O4S2/c1-8-3-2-5-13(6-4-8)19(16,17)11-9(10(14)15)12-7-18-11/h7-8H,2-6H2,1H3,(H,14,15). The fourth-order valence-electron chi connectivity index (χ4n) is 2.16. The van der Waals surface area contributed by atoms with Crippen LogP contribution in [0.5, 0.6) is 0 Å². The van der Waals surface area contributed by atoms with Gasteiger partial charge in [-0.05, 0) is 25.2 Å². The molecule has 1 aromatic heterocycles. The molecule has 0 aliphatic carbocycles. The molecule has 19 heavy (non-hydrogen) atoms. The molecule has 2 rings (SSSR count). The fourth-order valence-corrected chi connectivity index (χ4v) is 4.93. The van der Waals surface area contributed by atoms with E-state index in [0.29, 0.717) is 19.0 Å². The van der Waals surface area contributed by atoms with Crippen molar-refractivity contribution in [2.45, 2.75) is 30.4 Å². The molecule has 1 atom stereocenters. The number of aromatic carboxylic acids is 1. The van der Waals surface area contributed by atoms with Gasteiger partial charge in [-0.3, -0.25) is 0 Å². The summed E-state index contributed by atoms with van der Waals surface area (Å²) in [6.07, 6.45) is 2.61. The number of thiazole rings is 1. The van der Waals surface area contributed by atoms with Gasteiger partial charge in [0.2, 0.25) is 0 Å². The van der Waals surface area contributed by atoms with Crippen molar-refractivity contribution in [3.8, 4) is 0 Å². The van der Waals surface area contributed by atoms with Crippen molar-refractivity contribution in [3.05, 3.63) is 11.2 Å². The Balaban J connectivity index is 2.31. The molecule has 1 fully saturated rings. The summed E-state index contributed by atoms with van der Waals surface area (Å²) in [4.78, 5) is 14.6. The molecule has 0 radical (unpaired) electrons. The molecule has 1 N–H and O–H groups in total. The predicted octanol–water partition coefficient (Wildman–Crippen LogP) is 1.65. The van der Waals surface area contributed by atoms with Crippen molar-refractivity contribution in [1.29, 1.82) is 0 Å². The average molecular weight is 304 g/mol. The molecular formula is C11H16N2O4S2. The zero-order valence-electron chi connectivity index (χ0n) is 10.6. The van der Waals surface area contributed by atoms with Gasteiger partial charge in [0.15, 0.2) is 9.90 Å². The summed E-state index contributed by atoms with van der Waals surface area (Å²) in [5, 5.41) is 8.98. The second kappa shape index (κ2) is 5.56. The summed E-state index contributed by atoms with van der Waals surface area (Å²) in [6, 6.07) is 0. The lowest BCUT2D eigenvalue weighted by Gasteiger charge is -2.19. The van der Waals surface area contributed by atoms with Crippen LogP contribution in [0.15, 0.2) is 9.72 Å². The molecule has 1 unspecified atom stereocenters. The molecule has 1 aliphatic heterocycles. The van der Waals surface area contributed by atoms with Crippen LogP contribution in [-0.4, -0.2) is 41.9 Å². The third-order valence-corrected chi connectivity index (χ3v) is 6.53. The van der Waals surface area contributed by atoms with Crippen LogP contribution >= 0.6 is 11.3 Å². The number of sulfonamides is 1. The van der Waals surface area contributed by atoms with Gasteiger partial charge in [0.25, 0.3) is 10.0 Å². The van der Waals surface area contributed by atoms with Gasteiger partial charge in [-0.1, -0.05) is 6.92 Å². The third-order valence-electron chi connectivity index (χ3n) is 3.29. The lowest BCUT2D eigenvalue weighted by atomic mass is 10.0. The van der Waals surface area contributed by atoms with Crippen molar-refractivity contribution >= 4 is 27.3 Å². The minimum atomic E-state index is -3.73. The number of carboxylic acid groups (broad SMARTS) is 1. The Bertz CT molecular complexity index is 567. The summed E-state index contributed by atoms with van der Waals surface area (Å²) in [5.74, 6) is -0.802. The monoisotopic (exact) mass is 304 g/mol. The number of carboxylic acids is 1. The van der Waals surface area contributed by atoms with Crippen LogP contribution in [-0.2, 0) is 10.0 Å². The molecule has 2 heterocycles. The van der Waals surface area contributed by atoms with Crippen LogP contribution in [0, 0.1) is 5.92 Å². The molecule has 0 bridgehead atoms. The number of nitrogens with zero attached hydrogens (tertiary/aromatic N) is 2. The first kappa shape index (κ1) is 14.4. The van der Waals surface area contributed by atoms with E-state index in [1.165, 1.54) is 9.82 Å². The molecule has 1 saturated heterocycles. The Hall–Kier alpha value is -0.990. The molecule has 1 aromatic rings. The molecule has 0 spiro atoms. The highest BCUT2D eigenvalue weighted by Gasteiger charge is 2.32. The molecule has 1 aliphatic rings. The van der Waals surface area contributed by atoms with E-state index < -0.39 is 16.0 Å². The maximum atomic E-state index is 12.5. The number of rotatable bonds is 3. The van der Waals surface area contributed by atoms with Crippen LogP contribution in [0.25, 0.3) is 0 Å². The zero-order valence-corrected chi connectivity index (χ0v) is 12.2. The third kappa shape index (κ3) is 2.96. The molecule has 8 heteroatoms. The lowest BCUT2D eigenvalue weighted by Crippen LogP contribution is -2.32. The highest BCUT2D eigenvalue weighted by atomic mass is 32.2. The highest BCUT2D eigenvalue weighted by molar-refractivity contribution is 7.91. The van der Waals surface area contributed by atoms with Gasteiger partial charge in [-0.25, -0.2) is 18.2 Å². The molecule has 6 nitrogen and oxygen atoms in total. The Labute approximate surface area is 116 Å². The van der Waals surface area contributed by atoms with Crippen LogP contribution < -0.4 is 0 Å². The van der Waals surface area contributed by atoms with Gasteiger partial charge >= 0.3 is 5.97 Å². The minimum Gasteiger partial charge on any atom is -0.476 e. The maximum absolute atomic E-state index is 12.5. The Morgan fingerprint density at radius 3 is 2.89 bits per heavy atom. The number of carbonyl (C=O) groups is 1. The molecule has 106 valence electrons. The van der Waals surface area contributed by atoms with Crippen molar-refractivity contribution in [2.24, 2.45) is 5.92 Å². The predicted molar refractivity (Wildman–Crippen MR) is 70.8 cm³/mol. The van der Waals surface area contributed by atoms with Crippen molar-refractivity contribution < 1.29 is 18.3 Å². The minimum absolute atomic E-state index is 0.158. The smallest absolute Gasteiger partial charge is 0.356 e. The molecule has 0 amide bonds. The van der Waals surface area contributed by atoms with Crippen molar-refractivity contribution in [3.63, 3.8) is 0 Å². The van der Waals surface area contributed by atoms with E-state index in [1.54, 1.807) is 0 Å². The van der Waals surface area contributed by atoms with E-state index in [0.717, 1.165) is 30.6 Å². The normalized spacial score (nSPS) is 22.1. The number of hydrogen-bond donors (Lipinski definition) is 1. The van der Waals surface area contributed by atoms with E-state index in [4.69, 9.17) is 5.11 Å². The Morgan fingerprint density at radius 2 is 2.21 bits per heavy atom. The van der Waals surface area contributed by atoms with Crippen LogP contribution in [0.3, 0.4) is 0 Å². The first-order chi connectivity index (χ1) is 8.93. The summed E-state index contributed by atoms with van der Waals surface area (Å²) >= 11 is 0.864. The van der Waals surface area contributed by atoms with E-state index in [1.807, 2.05) is 0 Å². The maximum Gasteiger partial charge on any atom is 0.356 e. The van der Waals surface area contributed by atoms with E-state index >= 15 is 0 Å². The topological polar surface area (TPSA) is 87.6 Å². The van der Waals surface area contributed by atoms with Gasteiger partial charge in [-0.15, -0.1) is 11.3 Å². The fraction of sp³-hybridized carbons (Fsp3) is 0.636. The van der Waals surface area contributed by atoms with Gasteiger partial charge in [0.1, 0.15) is 0 Å². The number of aromatic nitrogens is 1.